The van der Waals surface area contributed by atoms with Crippen LogP contribution in [0.4, 0.5) is 5.69 Å². The Morgan fingerprint density at radius 2 is 2.04 bits per heavy atom. The zero-order chi connectivity index (χ0) is 17.3. The molecule has 1 aliphatic heterocycles. The van der Waals surface area contributed by atoms with Crippen molar-refractivity contribution >= 4 is 17.6 Å². The third kappa shape index (κ3) is 4.10. The second-order valence-corrected chi connectivity index (χ2v) is 7.40. The van der Waals surface area contributed by atoms with Crippen LogP contribution in [-0.2, 0) is 16.1 Å². The average molecular weight is 319 g/mol. The summed E-state index contributed by atoms with van der Waals surface area (Å²) in [5, 5.41) is 3.19. The highest BCUT2D eigenvalue weighted by Gasteiger charge is 2.34. The largest absolute Gasteiger partial charge is 0.456 e. The van der Waals surface area contributed by atoms with E-state index in [1.165, 1.54) is 0 Å². The van der Waals surface area contributed by atoms with Crippen molar-refractivity contribution in [3.8, 4) is 0 Å². The first-order chi connectivity index (χ1) is 10.6. The van der Waals surface area contributed by atoms with Crippen LogP contribution in [0.1, 0.15) is 50.0 Å². The molecule has 1 aliphatic rings. The Balaban J connectivity index is 2.32. The number of esters is 1. The fourth-order valence-electron chi connectivity index (χ4n) is 2.88. The molecule has 23 heavy (non-hydrogen) atoms. The number of carbonyl (C=O) groups is 2. The van der Waals surface area contributed by atoms with E-state index in [4.69, 9.17) is 4.74 Å². The molecule has 1 heterocycles. The van der Waals surface area contributed by atoms with Crippen LogP contribution in [0.5, 0.6) is 0 Å². The van der Waals surface area contributed by atoms with Crippen molar-refractivity contribution in [1.82, 2.24) is 0 Å². The minimum Gasteiger partial charge on any atom is -0.456 e. The first-order valence-electron chi connectivity index (χ1n) is 8.13. The maximum atomic E-state index is 12.4. The highest BCUT2D eigenvalue weighted by molar-refractivity contribution is 5.91. The van der Waals surface area contributed by atoms with E-state index < -0.39 is 5.60 Å². The molecule has 0 saturated carbocycles. The lowest BCUT2D eigenvalue weighted by Crippen LogP contribution is -2.50. The molecule has 0 radical (unpaired) electrons. The Labute approximate surface area is 138 Å². The van der Waals surface area contributed by atoms with E-state index in [-0.39, 0.29) is 11.9 Å². The fourth-order valence-corrected chi connectivity index (χ4v) is 2.88. The van der Waals surface area contributed by atoms with Crippen molar-refractivity contribution in [1.29, 1.82) is 0 Å². The van der Waals surface area contributed by atoms with Gasteiger partial charge in [-0.3, -0.25) is 4.48 Å². The molecule has 1 atom stereocenters. The molecule has 0 aliphatic carbocycles. The Kier molecular flexibility index (Phi) is 4.80. The van der Waals surface area contributed by atoms with Crippen LogP contribution in [0.2, 0.25) is 0 Å². The number of ether oxygens (including phenoxy) is 1. The fraction of sp³-hybridized carbons (Fsp3) is 0.556. The van der Waals surface area contributed by atoms with Gasteiger partial charge in [-0.1, -0.05) is 6.92 Å². The van der Waals surface area contributed by atoms with Crippen molar-refractivity contribution in [2.75, 3.05) is 25.5 Å². The minimum absolute atomic E-state index is 0.168. The van der Waals surface area contributed by atoms with E-state index in [2.05, 4.69) is 12.2 Å². The third-order valence-corrected chi connectivity index (χ3v) is 4.01. The predicted octanol–water partition coefficient (Wildman–Crippen LogP) is 2.95. The maximum absolute atomic E-state index is 12.4. The molecule has 0 aromatic heterocycles. The highest BCUT2D eigenvalue weighted by Crippen LogP contribution is 2.26. The number of hydrogen-bond acceptors (Lipinski definition) is 4. The lowest BCUT2D eigenvalue weighted by molar-refractivity contribution is -0.847. The summed E-state index contributed by atoms with van der Waals surface area (Å²) in [4.78, 5) is 24.7. The molecule has 1 unspecified atom stereocenters. The van der Waals surface area contributed by atoms with Crippen LogP contribution in [0.25, 0.3) is 0 Å². The number of anilines is 1. The van der Waals surface area contributed by atoms with Crippen molar-refractivity contribution in [3.05, 3.63) is 29.3 Å². The van der Waals surface area contributed by atoms with Crippen LogP contribution in [0.3, 0.4) is 0 Å². The molecule has 0 spiro atoms. The molecule has 0 bridgehead atoms. The average Bonchev–Trinajstić information content (AvgIpc) is 2.54. The van der Waals surface area contributed by atoms with E-state index in [1.807, 2.05) is 40.0 Å². The van der Waals surface area contributed by atoms with Gasteiger partial charge in [0.25, 0.3) is 0 Å². The van der Waals surface area contributed by atoms with Gasteiger partial charge in [-0.15, -0.1) is 0 Å². The summed E-state index contributed by atoms with van der Waals surface area (Å²) in [5.41, 5.74) is 1.90. The number of likely N-dealkylation sites (N-methyl/N-ethyl adjacent to an activating group) is 1. The van der Waals surface area contributed by atoms with Gasteiger partial charge >= 0.3 is 11.9 Å². The summed E-state index contributed by atoms with van der Waals surface area (Å²) in [5.74, 6) is -0.164. The number of quaternary nitrogens is 1. The Bertz CT molecular complexity index is 619. The van der Waals surface area contributed by atoms with E-state index in [9.17, 15) is 9.59 Å². The lowest BCUT2D eigenvalue weighted by atomic mass is 10.1. The highest BCUT2D eigenvalue weighted by atomic mass is 16.6. The van der Waals surface area contributed by atoms with Gasteiger partial charge in [0, 0.05) is 11.3 Å². The monoisotopic (exact) mass is 319 g/mol. The van der Waals surface area contributed by atoms with Crippen molar-refractivity contribution < 1.29 is 18.8 Å². The van der Waals surface area contributed by atoms with Crippen LogP contribution in [0, 0.1) is 0 Å². The first-order valence-corrected chi connectivity index (χ1v) is 8.13. The van der Waals surface area contributed by atoms with E-state index in [0.717, 1.165) is 24.2 Å². The molecule has 1 amide bonds. The van der Waals surface area contributed by atoms with Gasteiger partial charge in [0.2, 0.25) is 0 Å². The Hall–Kier alpha value is -1.88. The van der Waals surface area contributed by atoms with Gasteiger partial charge < -0.3 is 10.1 Å². The number of benzene rings is 1. The molecule has 126 valence electrons. The molecule has 1 aromatic rings. The molecular weight excluding hydrogens is 292 g/mol. The topological polar surface area (TPSA) is 55.4 Å². The number of amides is 1. The third-order valence-electron chi connectivity index (χ3n) is 4.01. The number of carbonyl (C=O) groups excluding carboxylic acids is 2. The van der Waals surface area contributed by atoms with Crippen LogP contribution in [-0.4, -0.2) is 42.1 Å². The second kappa shape index (κ2) is 6.32. The van der Waals surface area contributed by atoms with Crippen molar-refractivity contribution in [3.63, 3.8) is 0 Å². The zero-order valence-electron chi connectivity index (χ0n) is 14.7. The summed E-state index contributed by atoms with van der Waals surface area (Å²) >= 11 is 0. The number of nitrogens with zero attached hydrogens (tertiary/aromatic N) is 1. The molecule has 0 saturated heterocycles. The van der Waals surface area contributed by atoms with Crippen molar-refractivity contribution in [2.45, 2.75) is 46.3 Å². The molecule has 2 rings (SSSR count). The number of rotatable bonds is 3. The lowest BCUT2D eigenvalue weighted by Gasteiger charge is -2.30. The molecule has 5 nitrogen and oxygen atoms in total. The standard InChI is InChI=1S/C18H26N2O3/c1-6-9-20(5)12-14-10-13(17(22)23-18(2,3)4)7-8-15(14)19-11-16(20)21/h7-8,10H,6,9,11-12H2,1-5H3/p+1. The molecule has 5 heteroatoms. The normalized spacial score (nSPS) is 21.2. The maximum Gasteiger partial charge on any atom is 0.338 e. The van der Waals surface area contributed by atoms with Gasteiger partial charge in [0.1, 0.15) is 18.7 Å². The van der Waals surface area contributed by atoms with Gasteiger partial charge in [0.15, 0.2) is 0 Å². The number of fused-ring (bicyclic) bond motifs is 1. The Morgan fingerprint density at radius 1 is 1.35 bits per heavy atom. The van der Waals surface area contributed by atoms with E-state index in [1.54, 1.807) is 6.07 Å². The molecule has 1 aromatic carbocycles. The first kappa shape index (κ1) is 17.5. The Morgan fingerprint density at radius 3 is 2.65 bits per heavy atom. The van der Waals surface area contributed by atoms with Gasteiger partial charge in [0.05, 0.1) is 19.2 Å². The summed E-state index contributed by atoms with van der Waals surface area (Å²) in [6.07, 6.45) is 0.934. The summed E-state index contributed by atoms with van der Waals surface area (Å²) in [6.45, 7) is 9.32. The van der Waals surface area contributed by atoms with E-state index in [0.29, 0.717) is 23.1 Å². The minimum atomic E-state index is -0.523. The van der Waals surface area contributed by atoms with Crippen LogP contribution >= 0.6 is 0 Å². The number of hydrogen-bond donors (Lipinski definition) is 1. The quantitative estimate of drug-likeness (QED) is 0.687. The SMILES string of the molecule is CCC[N+]1(C)Cc2cc(C(=O)OC(C)(C)C)ccc2NCC1=O. The second-order valence-electron chi connectivity index (χ2n) is 7.40. The van der Waals surface area contributed by atoms with Crippen LogP contribution < -0.4 is 5.32 Å². The summed E-state index contributed by atoms with van der Waals surface area (Å²) in [7, 11) is 1.96. The smallest absolute Gasteiger partial charge is 0.338 e. The number of nitrogens with one attached hydrogen (secondary N) is 1. The molecule has 0 fully saturated rings. The summed E-state index contributed by atoms with van der Waals surface area (Å²) < 4.78 is 5.79. The predicted molar refractivity (Wildman–Crippen MR) is 90.2 cm³/mol. The van der Waals surface area contributed by atoms with Crippen molar-refractivity contribution in [2.24, 2.45) is 0 Å². The van der Waals surface area contributed by atoms with Gasteiger partial charge in [-0.25, -0.2) is 9.59 Å². The zero-order valence-corrected chi connectivity index (χ0v) is 14.7. The van der Waals surface area contributed by atoms with Crippen LogP contribution in [0.15, 0.2) is 18.2 Å². The molecular formula is C18H27N2O3+. The van der Waals surface area contributed by atoms with Gasteiger partial charge in [-0.2, -0.15) is 0 Å². The van der Waals surface area contributed by atoms with Gasteiger partial charge in [-0.05, 0) is 45.4 Å². The van der Waals surface area contributed by atoms with E-state index >= 15 is 0 Å². The summed E-state index contributed by atoms with van der Waals surface area (Å²) in [6, 6.07) is 5.46. The molecule has 1 N–H and O–H groups in total.